The molecule has 1 aromatic rings. The average Bonchev–Trinajstić information content (AvgIpc) is 2.78. The summed E-state index contributed by atoms with van der Waals surface area (Å²) in [7, 11) is 1.99. The maximum absolute atomic E-state index is 12.7. The fraction of sp³-hybridized carbons (Fsp3) is 0.500. The predicted octanol–water partition coefficient (Wildman–Crippen LogP) is 1.55. The second kappa shape index (κ2) is 7.87. The van der Waals surface area contributed by atoms with E-state index in [0.29, 0.717) is 13.1 Å². The third-order valence-corrected chi connectivity index (χ3v) is 3.89. The molecule has 0 saturated carbocycles. The van der Waals surface area contributed by atoms with E-state index < -0.39 is 10.9 Å². The van der Waals surface area contributed by atoms with Crippen LogP contribution in [0.15, 0.2) is 18.2 Å². The van der Waals surface area contributed by atoms with Crippen molar-refractivity contribution < 1.29 is 19.2 Å². The number of non-ortho nitro benzene ring substituents is 1. The highest BCUT2D eigenvalue weighted by molar-refractivity contribution is 5.99. The first-order valence-corrected chi connectivity index (χ1v) is 7.86. The van der Waals surface area contributed by atoms with Gasteiger partial charge in [0.1, 0.15) is 0 Å². The standard InChI is InChI=1S/C16H21N3O5/c1-3-24-16(21)13-9-12(10-14(11-13)19(22)23)15(20)18-6-4-5-17(2)7-8-18/h9-11H,3-8H2,1-2H3. The number of hydrogen-bond acceptors (Lipinski definition) is 6. The van der Waals surface area contributed by atoms with E-state index in [0.717, 1.165) is 25.6 Å². The lowest BCUT2D eigenvalue weighted by Gasteiger charge is -2.20. The Morgan fingerprint density at radius 1 is 1.17 bits per heavy atom. The van der Waals surface area contributed by atoms with Gasteiger partial charge in [0.2, 0.25) is 0 Å². The molecule has 1 saturated heterocycles. The van der Waals surface area contributed by atoms with Gasteiger partial charge >= 0.3 is 5.97 Å². The summed E-state index contributed by atoms with van der Waals surface area (Å²) in [6, 6.07) is 3.70. The van der Waals surface area contributed by atoms with Crippen LogP contribution in [0.1, 0.15) is 34.1 Å². The van der Waals surface area contributed by atoms with Crippen LogP contribution >= 0.6 is 0 Å². The SMILES string of the molecule is CCOC(=O)c1cc(C(=O)N2CCCN(C)CC2)cc([N+](=O)[O-])c1. The molecule has 0 radical (unpaired) electrons. The van der Waals surface area contributed by atoms with E-state index in [2.05, 4.69) is 4.90 Å². The summed E-state index contributed by atoms with van der Waals surface area (Å²) in [6.45, 7) is 4.57. The number of esters is 1. The van der Waals surface area contributed by atoms with E-state index in [1.54, 1.807) is 11.8 Å². The zero-order chi connectivity index (χ0) is 17.7. The minimum Gasteiger partial charge on any atom is -0.462 e. The van der Waals surface area contributed by atoms with Crippen molar-refractivity contribution in [1.82, 2.24) is 9.80 Å². The molecule has 0 N–H and O–H groups in total. The molecule has 1 aliphatic heterocycles. The van der Waals surface area contributed by atoms with Crippen molar-refractivity contribution in [3.05, 3.63) is 39.4 Å². The number of nitrogens with zero attached hydrogens (tertiary/aromatic N) is 3. The Morgan fingerprint density at radius 2 is 1.88 bits per heavy atom. The molecule has 0 aromatic heterocycles. The van der Waals surface area contributed by atoms with Crippen molar-refractivity contribution in [2.24, 2.45) is 0 Å². The molecule has 1 fully saturated rings. The lowest BCUT2D eigenvalue weighted by atomic mass is 10.1. The van der Waals surface area contributed by atoms with E-state index >= 15 is 0 Å². The number of nitro groups is 1. The lowest BCUT2D eigenvalue weighted by molar-refractivity contribution is -0.384. The number of hydrogen-bond donors (Lipinski definition) is 0. The zero-order valence-corrected chi connectivity index (χ0v) is 13.9. The summed E-state index contributed by atoms with van der Waals surface area (Å²) in [5.74, 6) is -0.981. The monoisotopic (exact) mass is 335 g/mol. The first kappa shape index (κ1) is 17.9. The lowest BCUT2D eigenvalue weighted by Crippen LogP contribution is -2.34. The van der Waals surface area contributed by atoms with Crippen LogP contribution in [-0.2, 0) is 4.74 Å². The molecule has 8 nitrogen and oxygen atoms in total. The molecule has 1 aromatic carbocycles. The second-order valence-electron chi connectivity index (χ2n) is 5.70. The number of carbonyl (C=O) groups excluding carboxylic acids is 2. The van der Waals surface area contributed by atoms with Gasteiger partial charge in [-0.1, -0.05) is 0 Å². The van der Waals surface area contributed by atoms with Crippen LogP contribution in [0.5, 0.6) is 0 Å². The third kappa shape index (κ3) is 4.29. The molecule has 1 aliphatic rings. The van der Waals surface area contributed by atoms with Crippen LogP contribution in [0, 0.1) is 10.1 Å². The van der Waals surface area contributed by atoms with Crippen LogP contribution in [0.25, 0.3) is 0 Å². The largest absolute Gasteiger partial charge is 0.462 e. The van der Waals surface area contributed by atoms with Gasteiger partial charge in [-0.15, -0.1) is 0 Å². The van der Waals surface area contributed by atoms with Crippen molar-refractivity contribution in [2.75, 3.05) is 39.8 Å². The van der Waals surface area contributed by atoms with E-state index in [1.165, 1.54) is 12.1 Å². The molecular weight excluding hydrogens is 314 g/mol. The fourth-order valence-electron chi connectivity index (χ4n) is 2.60. The topological polar surface area (TPSA) is 93.0 Å². The Bertz CT molecular complexity index is 647. The number of likely N-dealkylation sites (N-methyl/N-ethyl adjacent to an activating group) is 1. The van der Waals surface area contributed by atoms with Gasteiger partial charge in [0.15, 0.2) is 0 Å². The minimum atomic E-state index is -0.675. The zero-order valence-electron chi connectivity index (χ0n) is 13.9. The molecule has 0 aliphatic carbocycles. The molecular formula is C16H21N3O5. The minimum absolute atomic E-state index is 0.0151. The first-order valence-electron chi connectivity index (χ1n) is 7.86. The van der Waals surface area contributed by atoms with Crippen molar-refractivity contribution in [1.29, 1.82) is 0 Å². The molecule has 1 heterocycles. The van der Waals surface area contributed by atoms with Crippen molar-refractivity contribution in [3.8, 4) is 0 Å². The van der Waals surface area contributed by atoms with Crippen LogP contribution in [-0.4, -0.2) is 66.4 Å². The Kier molecular flexibility index (Phi) is 5.86. The van der Waals surface area contributed by atoms with Crippen molar-refractivity contribution >= 4 is 17.6 Å². The average molecular weight is 335 g/mol. The number of benzene rings is 1. The van der Waals surface area contributed by atoms with E-state index in [1.807, 2.05) is 7.05 Å². The highest BCUT2D eigenvalue weighted by Gasteiger charge is 2.23. The quantitative estimate of drug-likeness (QED) is 0.471. The summed E-state index contributed by atoms with van der Waals surface area (Å²) >= 11 is 0. The van der Waals surface area contributed by atoms with Gasteiger partial charge in [-0.05, 0) is 33.0 Å². The van der Waals surface area contributed by atoms with Crippen molar-refractivity contribution in [3.63, 3.8) is 0 Å². The number of carbonyl (C=O) groups is 2. The summed E-state index contributed by atoms with van der Waals surface area (Å²) in [5, 5.41) is 11.1. The van der Waals surface area contributed by atoms with Gasteiger partial charge in [0.05, 0.1) is 17.1 Å². The third-order valence-electron chi connectivity index (χ3n) is 3.89. The van der Waals surface area contributed by atoms with Crippen LogP contribution in [0.2, 0.25) is 0 Å². The molecule has 2 rings (SSSR count). The van der Waals surface area contributed by atoms with Gasteiger partial charge in [-0.2, -0.15) is 0 Å². The molecule has 0 bridgehead atoms. The molecule has 0 spiro atoms. The summed E-state index contributed by atoms with van der Waals surface area (Å²) < 4.78 is 4.88. The molecule has 130 valence electrons. The molecule has 0 atom stereocenters. The predicted molar refractivity (Wildman–Crippen MR) is 87.1 cm³/mol. The number of rotatable bonds is 4. The van der Waals surface area contributed by atoms with E-state index in [4.69, 9.17) is 4.74 Å². The number of nitro benzene ring substituents is 1. The van der Waals surface area contributed by atoms with Gasteiger partial charge in [-0.25, -0.2) is 4.79 Å². The van der Waals surface area contributed by atoms with E-state index in [-0.39, 0.29) is 29.3 Å². The summed E-state index contributed by atoms with van der Waals surface area (Å²) in [4.78, 5) is 38.9. The molecule has 0 unspecified atom stereocenters. The number of ether oxygens (including phenoxy) is 1. The highest BCUT2D eigenvalue weighted by Crippen LogP contribution is 2.20. The molecule has 1 amide bonds. The Balaban J connectivity index is 2.31. The first-order chi connectivity index (χ1) is 11.4. The van der Waals surface area contributed by atoms with Crippen LogP contribution in [0.3, 0.4) is 0 Å². The van der Waals surface area contributed by atoms with Crippen LogP contribution < -0.4 is 0 Å². The van der Waals surface area contributed by atoms with E-state index in [9.17, 15) is 19.7 Å². The smallest absolute Gasteiger partial charge is 0.338 e. The van der Waals surface area contributed by atoms with Crippen LogP contribution in [0.4, 0.5) is 5.69 Å². The highest BCUT2D eigenvalue weighted by atomic mass is 16.6. The van der Waals surface area contributed by atoms with Gasteiger partial charge in [0.25, 0.3) is 11.6 Å². The summed E-state index contributed by atoms with van der Waals surface area (Å²) in [6.07, 6.45) is 0.835. The Labute approximate surface area is 140 Å². The Morgan fingerprint density at radius 3 is 2.54 bits per heavy atom. The fourth-order valence-corrected chi connectivity index (χ4v) is 2.60. The normalized spacial score (nSPS) is 15.7. The van der Waals surface area contributed by atoms with Gasteiger partial charge in [0, 0.05) is 37.3 Å². The van der Waals surface area contributed by atoms with Crippen molar-refractivity contribution in [2.45, 2.75) is 13.3 Å². The number of amides is 1. The van der Waals surface area contributed by atoms with Gasteiger partial charge in [-0.3, -0.25) is 14.9 Å². The molecule has 8 heteroatoms. The second-order valence-corrected chi connectivity index (χ2v) is 5.70. The maximum atomic E-state index is 12.7. The van der Waals surface area contributed by atoms with Gasteiger partial charge < -0.3 is 14.5 Å². The summed E-state index contributed by atoms with van der Waals surface area (Å²) in [5.41, 5.74) is -0.144. The molecule has 24 heavy (non-hydrogen) atoms. The maximum Gasteiger partial charge on any atom is 0.338 e. The Hall–Kier alpha value is -2.48.